The van der Waals surface area contributed by atoms with E-state index in [1.807, 2.05) is 0 Å². The first-order valence-corrected chi connectivity index (χ1v) is 8.24. The van der Waals surface area contributed by atoms with Crippen LogP contribution in [0.15, 0.2) is 40.6 Å². The van der Waals surface area contributed by atoms with Gasteiger partial charge in [-0.15, -0.1) is 11.3 Å². The SMILES string of the molecule is CN(C)S(=O)(=O)c1csc(C(=O)Nc2cccc(O)c2)c1. The normalized spacial score (nSPS) is 11.6. The van der Waals surface area contributed by atoms with Gasteiger partial charge in [0.1, 0.15) is 5.75 Å². The molecule has 0 unspecified atom stereocenters. The average Bonchev–Trinajstić information content (AvgIpc) is 2.88. The van der Waals surface area contributed by atoms with Crippen LogP contribution in [0.5, 0.6) is 5.75 Å². The molecule has 0 spiro atoms. The van der Waals surface area contributed by atoms with Crippen molar-refractivity contribution in [1.82, 2.24) is 4.31 Å². The van der Waals surface area contributed by atoms with Gasteiger partial charge in [0, 0.05) is 31.2 Å². The quantitative estimate of drug-likeness (QED) is 0.899. The standard InChI is InChI=1S/C13H14N2O4S2/c1-15(2)21(18,19)11-7-12(20-8-11)13(17)14-9-4-3-5-10(16)6-9/h3-8,16H,1-2H3,(H,14,17). The fraction of sp³-hybridized carbons (Fsp3) is 0.154. The number of hydrogen-bond acceptors (Lipinski definition) is 5. The number of phenolic OH excluding ortho intramolecular Hbond substituents is 1. The number of aromatic hydroxyl groups is 1. The molecule has 21 heavy (non-hydrogen) atoms. The summed E-state index contributed by atoms with van der Waals surface area (Å²) in [6.45, 7) is 0. The van der Waals surface area contributed by atoms with Crippen molar-refractivity contribution in [2.24, 2.45) is 0 Å². The van der Waals surface area contributed by atoms with E-state index in [0.717, 1.165) is 15.6 Å². The van der Waals surface area contributed by atoms with E-state index in [2.05, 4.69) is 5.32 Å². The number of carbonyl (C=O) groups excluding carboxylic acids is 1. The van der Waals surface area contributed by atoms with Crippen LogP contribution in [-0.4, -0.2) is 37.8 Å². The minimum absolute atomic E-state index is 0.0369. The van der Waals surface area contributed by atoms with E-state index in [1.54, 1.807) is 12.1 Å². The van der Waals surface area contributed by atoms with Crippen molar-refractivity contribution in [3.8, 4) is 5.75 Å². The number of hydrogen-bond donors (Lipinski definition) is 2. The Kier molecular flexibility index (Phi) is 4.31. The Morgan fingerprint density at radius 2 is 2.00 bits per heavy atom. The van der Waals surface area contributed by atoms with Crippen molar-refractivity contribution in [2.45, 2.75) is 4.90 Å². The first-order valence-electron chi connectivity index (χ1n) is 5.92. The molecule has 2 rings (SSSR count). The van der Waals surface area contributed by atoms with Gasteiger partial charge < -0.3 is 10.4 Å². The maximum Gasteiger partial charge on any atom is 0.265 e. The van der Waals surface area contributed by atoms with Crippen LogP contribution in [0.2, 0.25) is 0 Å². The Morgan fingerprint density at radius 3 is 2.62 bits per heavy atom. The van der Waals surface area contributed by atoms with Crippen molar-refractivity contribution in [2.75, 3.05) is 19.4 Å². The molecular weight excluding hydrogens is 312 g/mol. The zero-order valence-electron chi connectivity index (χ0n) is 11.4. The highest BCUT2D eigenvalue weighted by molar-refractivity contribution is 7.89. The van der Waals surface area contributed by atoms with Gasteiger partial charge in [-0.3, -0.25) is 4.79 Å². The number of anilines is 1. The molecule has 1 heterocycles. The van der Waals surface area contributed by atoms with Crippen LogP contribution >= 0.6 is 11.3 Å². The van der Waals surface area contributed by atoms with Gasteiger partial charge in [0.2, 0.25) is 10.0 Å². The highest BCUT2D eigenvalue weighted by Crippen LogP contribution is 2.23. The van der Waals surface area contributed by atoms with E-state index in [9.17, 15) is 18.3 Å². The molecule has 2 N–H and O–H groups in total. The molecule has 8 heteroatoms. The lowest BCUT2D eigenvalue weighted by molar-refractivity contribution is 0.103. The second kappa shape index (κ2) is 5.84. The van der Waals surface area contributed by atoms with E-state index < -0.39 is 15.9 Å². The molecule has 0 aliphatic heterocycles. The number of benzene rings is 1. The van der Waals surface area contributed by atoms with Crippen molar-refractivity contribution in [3.63, 3.8) is 0 Å². The number of carbonyl (C=O) groups is 1. The third kappa shape index (κ3) is 3.41. The van der Waals surface area contributed by atoms with Gasteiger partial charge in [-0.1, -0.05) is 6.07 Å². The number of thiophene rings is 1. The molecule has 0 aliphatic carbocycles. The second-order valence-corrected chi connectivity index (χ2v) is 7.50. The molecule has 0 saturated carbocycles. The number of amides is 1. The fourth-order valence-electron chi connectivity index (χ4n) is 1.56. The zero-order valence-corrected chi connectivity index (χ0v) is 13.0. The largest absolute Gasteiger partial charge is 0.508 e. The predicted molar refractivity (Wildman–Crippen MR) is 81.3 cm³/mol. The van der Waals surface area contributed by atoms with Gasteiger partial charge >= 0.3 is 0 Å². The van der Waals surface area contributed by atoms with Crippen LogP contribution < -0.4 is 5.32 Å². The minimum atomic E-state index is -3.55. The molecule has 0 fully saturated rings. The molecule has 1 aromatic carbocycles. The summed E-state index contributed by atoms with van der Waals surface area (Å²) in [6.07, 6.45) is 0. The van der Waals surface area contributed by atoms with E-state index in [0.29, 0.717) is 5.69 Å². The zero-order chi connectivity index (χ0) is 15.6. The Balaban J connectivity index is 2.20. The first-order chi connectivity index (χ1) is 9.80. The first kappa shape index (κ1) is 15.5. The maximum absolute atomic E-state index is 12.0. The summed E-state index contributed by atoms with van der Waals surface area (Å²) in [5, 5.41) is 13.4. The molecule has 1 amide bonds. The molecule has 0 bridgehead atoms. The maximum atomic E-state index is 12.0. The van der Waals surface area contributed by atoms with Crippen LogP contribution in [0.25, 0.3) is 0 Å². The van der Waals surface area contributed by atoms with Gasteiger partial charge in [0.05, 0.1) is 9.77 Å². The number of phenols is 1. The minimum Gasteiger partial charge on any atom is -0.508 e. The van der Waals surface area contributed by atoms with E-state index in [-0.39, 0.29) is 15.5 Å². The fourth-order valence-corrected chi connectivity index (χ4v) is 3.62. The average molecular weight is 326 g/mol. The topological polar surface area (TPSA) is 86.7 Å². The molecule has 0 aliphatic rings. The van der Waals surface area contributed by atoms with E-state index in [4.69, 9.17) is 0 Å². The third-order valence-corrected chi connectivity index (χ3v) is 5.55. The molecule has 0 atom stereocenters. The summed E-state index contributed by atoms with van der Waals surface area (Å²) in [4.78, 5) is 12.4. The van der Waals surface area contributed by atoms with Crippen LogP contribution in [0.4, 0.5) is 5.69 Å². The number of nitrogens with zero attached hydrogens (tertiary/aromatic N) is 1. The van der Waals surface area contributed by atoms with Crippen LogP contribution in [0, 0.1) is 0 Å². The van der Waals surface area contributed by atoms with Gasteiger partial charge in [0.15, 0.2) is 0 Å². The Morgan fingerprint density at radius 1 is 1.29 bits per heavy atom. The predicted octanol–water partition coefficient (Wildman–Crippen LogP) is 1.96. The lowest BCUT2D eigenvalue weighted by atomic mass is 10.3. The van der Waals surface area contributed by atoms with Gasteiger partial charge in [-0.2, -0.15) is 0 Å². The van der Waals surface area contributed by atoms with Crippen molar-refractivity contribution in [3.05, 3.63) is 40.6 Å². The second-order valence-electron chi connectivity index (χ2n) is 4.44. The summed E-state index contributed by atoms with van der Waals surface area (Å²) < 4.78 is 25.0. The summed E-state index contributed by atoms with van der Waals surface area (Å²) in [5.41, 5.74) is 0.436. The van der Waals surface area contributed by atoms with E-state index in [1.165, 1.54) is 37.7 Å². The number of sulfonamides is 1. The van der Waals surface area contributed by atoms with Crippen molar-refractivity contribution in [1.29, 1.82) is 0 Å². The molecular formula is C13H14N2O4S2. The van der Waals surface area contributed by atoms with Gasteiger partial charge in [-0.25, -0.2) is 12.7 Å². The van der Waals surface area contributed by atoms with Crippen LogP contribution in [0.3, 0.4) is 0 Å². The summed E-state index contributed by atoms with van der Waals surface area (Å²) in [5.74, 6) is -0.388. The van der Waals surface area contributed by atoms with Crippen LogP contribution in [-0.2, 0) is 10.0 Å². The molecule has 0 saturated heterocycles. The highest BCUT2D eigenvalue weighted by Gasteiger charge is 2.21. The summed E-state index contributed by atoms with van der Waals surface area (Å²) >= 11 is 1.04. The van der Waals surface area contributed by atoms with Crippen LogP contribution in [0.1, 0.15) is 9.67 Å². The lowest BCUT2D eigenvalue weighted by Crippen LogP contribution is -2.21. The van der Waals surface area contributed by atoms with Crippen molar-refractivity contribution < 1.29 is 18.3 Å². The van der Waals surface area contributed by atoms with Gasteiger partial charge in [-0.05, 0) is 18.2 Å². The molecule has 1 aromatic heterocycles. The highest BCUT2D eigenvalue weighted by atomic mass is 32.2. The van der Waals surface area contributed by atoms with Crippen molar-refractivity contribution >= 4 is 33.0 Å². The Hall–Kier alpha value is -1.90. The summed E-state index contributed by atoms with van der Waals surface area (Å²) in [6, 6.07) is 7.45. The summed E-state index contributed by atoms with van der Waals surface area (Å²) in [7, 11) is -0.685. The molecule has 0 radical (unpaired) electrons. The van der Waals surface area contributed by atoms with E-state index >= 15 is 0 Å². The monoisotopic (exact) mass is 326 g/mol. The molecule has 6 nitrogen and oxygen atoms in total. The Bertz CT molecular complexity index is 766. The smallest absolute Gasteiger partial charge is 0.265 e. The lowest BCUT2D eigenvalue weighted by Gasteiger charge is -2.08. The third-order valence-electron chi connectivity index (χ3n) is 2.68. The number of rotatable bonds is 4. The molecule has 112 valence electrons. The number of nitrogens with one attached hydrogen (secondary N) is 1. The Labute approximate surface area is 126 Å². The molecule has 2 aromatic rings. The van der Waals surface area contributed by atoms with Gasteiger partial charge in [0.25, 0.3) is 5.91 Å².